The Bertz CT molecular complexity index is 759. The Morgan fingerprint density at radius 1 is 1.38 bits per heavy atom. The van der Waals surface area contributed by atoms with Gasteiger partial charge in [0.25, 0.3) is 5.91 Å². The van der Waals surface area contributed by atoms with Crippen molar-refractivity contribution in [2.75, 3.05) is 6.26 Å². The largest absolute Gasteiger partial charge is 0.276 e. The zero-order valence-corrected chi connectivity index (χ0v) is 12.6. The maximum Gasteiger partial charge on any atom is 0.254 e. The van der Waals surface area contributed by atoms with Crippen LogP contribution in [0.1, 0.15) is 12.0 Å². The standard InChI is InChI=1S/C14H16FN3O2S/c1-18-10-11(9-16-18)3-8-14(19)17-21(2,20)13-6-4-12(15)5-7-13/h4-7,9-10H,3,8H2,1-2H3. The van der Waals surface area contributed by atoms with E-state index in [0.29, 0.717) is 11.3 Å². The van der Waals surface area contributed by atoms with Gasteiger partial charge < -0.3 is 0 Å². The fourth-order valence-corrected chi connectivity index (χ4v) is 3.06. The Morgan fingerprint density at radius 2 is 2.05 bits per heavy atom. The molecule has 1 atom stereocenters. The molecule has 0 saturated carbocycles. The van der Waals surface area contributed by atoms with Crippen molar-refractivity contribution in [1.82, 2.24) is 9.78 Å². The highest BCUT2D eigenvalue weighted by molar-refractivity contribution is 7.93. The van der Waals surface area contributed by atoms with Crippen molar-refractivity contribution in [3.8, 4) is 0 Å². The maximum atomic E-state index is 12.8. The van der Waals surface area contributed by atoms with Crippen LogP contribution in [0.15, 0.2) is 45.9 Å². The lowest BCUT2D eigenvalue weighted by atomic mass is 10.2. The lowest BCUT2D eigenvalue weighted by Crippen LogP contribution is -2.04. The predicted octanol–water partition coefficient (Wildman–Crippen LogP) is 2.18. The summed E-state index contributed by atoms with van der Waals surface area (Å²) in [5.41, 5.74) is 0.922. The van der Waals surface area contributed by atoms with Crippen LogP contribution in [0.25, 0.3) is 0 Å². The van der Waals surface area contributed by atoms with Crippen LogP contribution >= 0.6 is 0 Å². The Kier molecular flexibility index (Phi) is 4.52. The summed E-state index contributed by atoms with van der Waals surface area (Å²) in [6.45, 7) is 0. The van der Waals surface area contributed by atoms with E-state index in [0.717, 1.165) is 5.56 Å². The van der Waals surface area contributed by atoms with E-state index in [1.54, 1.807) is 17.9 Å². The van der Waals surface area contributed by atoms with Crippen molar-refractivity contribution in [2.24, 2.45) is 11.4 Å². The third kappa shape index (κ3) is 4.22. The van der Waals surface area contributed by atoms with Crippen molar-refractivity contribution in [1.29, 1.82) is 0 Å². The van der Waals surface area contributed by atoms with Gasteiger partial charge in [0.15, 0.2) is 0 Å². The van der Waals surface area contributed by atoms with Gasteiger partial charge in [-0.3, -0.25) is 9.48 Å². The molecular formula is C14H16FN3O2S. The highest BCUT2D eigenvalue weighted by Gasteiger charge is 2.10. The van der Waals surface area contributed by atoms with Gasteiger partial charge in [-0.1, -0.05) is 0 Å². The van der Waals surface area contributed by atoms with E-state index in [-0.39, 0.29) is 6.42 Å². The van der Waals surface area contributed by atoms with Crippen LogP contribution < -0.4 is 0 Å². The first-order chi connectivity index (χ1) is 9.87. The predicted molar refractivity (Wildman–Crippen MR) is 77.7 cm³/mol. The number of hydrogen-bond acceptors (Lipinski definition) is 3. The van der Waals surface area contributed by atoms with Gasteiger partial charge in [0, 0.05) is 30.8 Å². The first kappa shape index (κ1) is 15.4. The summed E-state index contributed by atoms with van der Waals surface area (Å²) in [4.78, 5) is 12.2. The molecule has 5 nitrogen and oxygen atoms in total. The highest BCUT2D eigenvalue weighted by Crippen LogP contribution is 2.13. The number of amides is 1. The molecule has 0 fully saturated rings. The smallest absolute Gasteiger partial charge is 0.254 e. The lowest BCUT2D eigenvalue weighted by Gasteiger charge is -2.03. The first-order valence-corrected chi connectivity index (χ1v) is 8.27. The number of rotatable bonds is 4. The minimum atomic E-state index is -2.84. The molecule has 0 radical (unpaired) electrons. The number of benzene rings is 1. The second-order valence-electron chi connectivity index (χ2n) is 4.76. The van der Waals surface area contributed by atoms with E-state index >= 15 is 0 Å². The third-order valence-corrected chi connectivity index (χ3v) is 4.61. The average Bonchev–Trinajstić information content (AvgIpc) is 2.82. The van der Waals surface area contributed by atoms with E-state index in [9.17, 15) is 13.4 Å². The number of carbonyl (C=O) groups excluding carboxylic acids is 1. The van der Waals surface area contributed by atoms with E-state index < -0.39 is 21.5 Å². The number of aryl methyl sites for hydroxylation is 2. The van der Waals surface area contributed by atoms with Gasteiger partial charge in [0.2, 0.25) is 0 Å². The summed E-state index contributed by atoms with van der Waals surface area (Å²) in [5.74, 6) is -0.854. The Balaban J connectivity index is 2.08. The minimum Gasteiger partial charge on any atom is -0.276 e. The van der Waals surface area contributed by atoms with Gasteiger partial charge >= 0.3 is 0 Å². The topological polar surface area (TPSA) is 64.3 Å². The van der Waals surface area contributed by atoms with E-state index in [2.05, 4.69) is 9.46 Å². The van der Waals surface area contributed by atoms with Crippen LogP contribution in [0.3, 0.4) is 0 Å². The van der Waals surface area contributed by atoms with Crippen molar-refractivity contribution in [3.05, 3.63) is 48.0 Å². The summed E-state index contributed by atoms with van der Waals surface area (Å²) >= 11 is 0. The summed E-state index contributed by atoms with van der Waals surface area (Å²) in [7, 11) is -1.04. The second kappa shape index (κ2) is 6.17. The lowest BCUT2D eigenvalue weighted by molar-refractivity contribution is -0.117. The van der Waals surface area contributed by atoms with Gasteiger partial charge in [-0.25, -0.2) is 8.60 Å². The van der Waals surface area contributed by atoms with E-state index in [4.69, 9.17) is 0 Å². The van der Waals surface area contributed by atoms with Gasteiger partial charge in [0.05, 0.1) is 15.9 Å². The molecule has 1 unspecified atom stereocenters. The molecular weight excluding hydrogens is 293 g/mol. The fraction of sp³-hybridized carbons (Fsp3) is 0.286. The van der Waals surface area contributed by atoms with Crippen LogP contribution in [-0.4, -0.2) is 26.2 Å². The number of carbonyl (C=O) groups is 1. The molecule has 0 N–H and O–H groups in total. The van der Waals surface area contributed by atoms with Crippen molar-refractivity contribution < 1.29 is 13.4 Å². The van der Waals surface area contributed by atoms with Gasteiger partial charge in [-0.15, -0.1) is 0 Å². The van der Waals surface area contributed by atoms with Crippen LogP contribution in [0.5, 0.6) is 0 Å². The molecule has 0 saturated heterocycles. The van der Waals surface area contributed by atoms with E-state index in [1.165, 1.54) is 30.5 Å². The Hall–Kier alpha value is -2.02. The summed E-state index contributed by atoms with van der Waals surface area (Å²) in [6, 6.07) is 5.17. The zero-order valence-electron chi connectivity index (χ0n) is 11.8. The summed E-state index contributed by atoms with van der Waals surface area (Å²) in [6.07, 6.45) is 5.53. The van der Waals surface area contributed by atoms with Crippen LogP contribution in [0.2, 0.25) is 0 Å². The zero-order chi connectivity index (χ0) is 15.5. The van der Waals surface area contributed by atoms with Gasteiger partial charge in [0.1, 0.15) is 5.82 Å². The molecule has 2 aromatic rings. The molecule has 0 aliphatic carbocycles. The molecule has 1 aromatic carbocycles. The Labute approximate surface area is 123 Å². The third-order valence-electron chi connectivity index (χ3n) is 2.91. The van der Waals surface area contributed by atoms with Crippen molar-refractivity contribution in [2.45, 2.75) is 17.7 Å². The summed E-state index contributed by atoms with van der Waals surface area (Å²) in [5, 5.41) is 4.01. The quantitative estimate of drug-likeness (QED) is 0.869. The molecule has 0 aliphatic heterocycles. The monoisotopic (exact) mass is 309 g/mol. The number of hydrogen-bond donors (Lipinski definition) is 0. The molecule has 1 heterocycles. The maximum absolute atomic E-state index is 12.8. The molecule has 0 bridgehead atoms. The molecule has 0 aliphatic rings. The van der Waals surface area contributed by atoms with Crippen LogP contribution in [0, 0.1) is 5.82 Å². The van der Waals surface area contributed by atoms with Crippen LogP contribution in [0.4, 0.5) is 4.39 Å². The molecule has 1 amide bonds. The average molecular weight is 309 g/mol. The molecule has 1 aromatic heterocycles. The molecule has 112 valence electrons. The van der Waals surface area contributed by atoms with Gasteiger partial charge in [-0.2, -0.15) is 9.46 Å². The van der Waals surface area contributed by atoms with Gasteiger partial charge in [-0.05, 0) is 36.2 Å². The molecule has 21 heavy (non-hydrogen) atoms. The van der Waals surface area contributed by atoms with Crippen molar-refractivity contribution in [3.63, 3.8) is 0 Å². The SMILES string of the molecule is Cn1cc(CCC(=O)N=S(C)(=O)c2ccc(F)cc2)cn1. The molecule has 2 rings (SSSR count). The molecule has 7 heteroatoms. The second-order valence-corrected chi connectivity index (χ2v) is 7.02. The highest BCUT2D eigenvalue weighted by atomic mass is 32.2. The molecule has 0 spiro atoms. The number of aromatic nitrogens is 2. The number of halogens is 1. The van der Waals surface area contributed by atoms with Crippen LogP contribution in [-0.2, 0) is 28.0 Å². The normalized spacial score (nSPS) is 13.7. The number of nitrogens with zero attached hydrogens (tertiary/aromatic N) is 3. The van der Waals surface area contributed by atoms with Crippen molar-refractivity contribution >= 4 is 15.6 Å². The van der Waals surface area contributed by atoms with E-state index in [1.807, 2.05) is 6.20 Å². The Morgan fingerprint density at radius 3 is 2.62 bits per heavy atom. The minimum absolute atomic E-state index is 0.164. The first-order valence-electron chi connectivity index (χ1n) is 6.35. The summed E-state index contributed by atoms with van der Waals surface area (Å²) < 4.78 is 30.7. The fourth-order valence-electron chi connectivity index (χ4n) is 1.83.